The first kappa shape index (κ1) is 63.6. The van der Waals surface area contributed by atoms with Gasteiger partial charge in [-0.15, -0.1) is 34.0 Å². The van der Waals surface area contributed by atoms with Gasteiger partial charge < -0.3 is 9.13 Å². The Kier molecular flexibility index (Phi) is 16.1. The molecule has 1 aliphatic carbocycles. The van der Waals surface area contributed by atoms with Gasteiger partial charge in [0.2, 0.25) is 0 Å². The summed E-state index contributed by atoms with van der Waals surface area (Å²) in [5.74, 6) is 1.48. The first-order valence-electron chi connectivity index (χ1n) is 35.5. The lowest BCUT2D eigenvalue weighted by molar-refractivity contribution is 0.715. The lowest BCUT2D eigenvalue weighted by atomic mass is 9.95. The number of aryl methyl sites for hydroxylation is 1. The fourth-order valence-electron chi connectivity index (χ4n) is 15.6. The van der Waals surface area contributed by atoms with E-state index in [1.54, 1.807) is 0 Å². The Balaban J connectivity index is 0.840. The molecule has 0 fully saturated rings. The Hall–Kier alpha value is -11.6. The van der Waals surface area contributed by atoms with Crippen LogP contribution in [-0.4, -0.2) is 30.4 Å². The van der Waals surface area contributed by atoms with Crippen LogP contribution in [0.5, 0.6) is 0 Å². The molecule has 0 aliphatic heterocycles. The predicted molar refractivity (Wildman–Crippen MR) is 448 cm³/mol. The van der Waals surface area contributed by atoms with E-state index in [4.69, 9.17) is 21.5 Å². The molecular formula is C94H72N6S3. The van der Waals surface area contributed by atoms with Crippen LogP contribution in [0.25, 0.3) is 163 Å². The number of rotatable bonds is 13. The second-order valence-electron chi connectivity index (χ2n) is 26.9. The smallest absolute Gasteiger partial charge is 0.161 e. The number of benzene rings is 10. The number of pyridine rings is 1. The Morgan fingerprint density at radius 2 is 1.18 bits per heavy atom. The maximum atomic E-state index is 5.95. The number of nitrogens with zero attached hydrogens (tertiary/aromatic N) is 6. The second kappa shape index (κ2) is 26.1. The van der Waals surface area contributed by atoms with Crippen molar-refractivity contribution in [1.29, 1.82) is 0 Å². The van der Waals surface area contributed by atoms with E-state index < -0.39 is 0 Å². The molecule has 0 spiro atoms. The van der Waals surface area contributed by atoms with Crippen molar-refractivity contribution in [3.05, 3.63) is 317 Å². The van der Waals surface area contributed by atoms with Crippen molar-refractivity contribution in [1.82, 2.24) is 18.7 Å². The SMILES string of the molecule is C=Cc1c(/C(=C\C)C2=CCCC=C2)sc2ccc(-c3cc(-n4cc(/C=c5\c(=C/C)c6ccccc6n5C(=NC(=NC(=C)c5ccc6sc7ccccc7c6c5)c5ccc6sc7ccccc7c6c5)C(C)CC)c5ccccc54)cc(-c4ccc5c(c4)c4cccc(-c6ccccc6)c4n5C)n3)cc12. The maximum absolute atomic E-state index is 5.95. The van der Waals surface area contributed by atoms with Gasteiger partial charge in [0.15, 0.2) is 5.84 Å². The molecule has 0 radical (unpaired) electrons. The predicted octanol–water partition coefficient (Wildman–Crippen LogP) is 24.9. The summed E-state index contributed by atoms with van der Waals surface area (Å²) in [4.78, 5) is 18.5. The number of hydrogen-bond acceptors (Lipinski definition) is 5. The summed E-state index contributed by atoms with van der Waals surface area (Å²) in [6.45, 7) is 18.1. The first-order valence-corrected chi connectivity index (χ1v) is 38.0. The van der Waals surface area contributed by atoms with Crippen molar-refractivity contribution >= 4 is 169 Å². The number of fused-ring (bicyclic) bond motifs is 12. The monoisotopic (exact) mass is 1380 g/mol. The summed E-state index contributed by atoms with van der Waals surface area (Å²) in [5.41, 5.74) is 19.0. The lowest BCUT2D eigenvalue weighted by Gasteiger charge is -2.18. The number of aliphatic imine (C=N–C) groups is 2. The molecule has 0 N–H and O–H groups in total. The van der Waals surface area contributed by atoms with Crippen LogP contribution in [0.15, 0.2) is 290 Å². The van der Waals surface area contributed by atoms with Gasteiger partial charge in [0.25, 0.3) is 0 Å². The van der Waals surface area contributed by atoms with E-state index in [-0.39, 0.29) is 5.92 Å². The number of amidine groups is 1. The lowest BCUT2D eigenvalue weighted by Crippen LogP contribution is -2.36. The molecule has 17 aromatic rings. The fourth-order valence-corrected chi connectivity index (χ4v) is 19.1. The van der Waals surface area contributed by atoms with Crippen molar-refractivity contribution in [3.63, 3.8) is 0 Å². The average Bonchev–Trinajstić information content (AvgIpc) is 1.61. The minimum absolute atomic E-state index is 0.0154. The van der Waals surface area contributed by atoms with E-state index in [2.05, 4.69) is 328 Å². The summed E-state index contributed by atoms with van der Waals surface area (Å²) in [6.07, 6.45) is 21.2. The molecule has 10 aromatic carbocycles. The number of hydrogen-bond donors (Lipinski definition) is 0. The zero-order valence-electron chi connectivity index (χ0n) is 58.1. The fraction of sp³-hybridized carbons (Fsp3) is 0.0957. The van der Waals surface area contributed by atoms with Gasteiger partial charge in [-0.1, -0.05) is 203 Å². The van der Waals surface area contributed by atoms with Crippen molar-refractivity contribution in [3.8, 4) is 39.3 Å². The quantitative estimate of drug-likeness (QED) is 0.0838. The number of aromatic nitrogens is 4. The van der Waals surface area contributed by atoms with Gasteiger partial charge >= 0.3 is 0 Å². The van der Waals surface area contributed by atoms with Crippen LogP contribution in [0.1, 0.15) is 74.1 Å². The number of thiophene rings is 3. The molecule has 1 aliphatic rings. The van der Waals surface area contributed by atoms with Crippen LogP contribution in [0.3, 0.4) is 0 Å². The van der Waals surface area contributed by atoms with Crippen LogP contribution in [0.4, 0.5) is 0 Å². The molecule has 9 heteroatoms. The van der Waals surface area contributed by atoms with Gasteiger partial charge in [0.1, 0.15) is 5.84 Å². The van der Waals surface area contributed by atoms with Crippen LogP contribution < -0.4 is 10.6 Å². The van der Waals surface area contributed by atoms with Gasteiger partial charge in [-0.25, -0.2) is 15.0 Å². The van der Waals surface area contributed by atoms with Gasteiger partial charge in [0.05, 0.1) is 39.0 Å². The highest BCUT2D eigenvalue weighted by Gasteiger charge is 2.24. The molecule has 0 saturated heterocycles. The summed E-state index contributed by atoms with van der Waals surface area (Å²) < 4.78 is 13.3. The molecule has 6 nitrogen and oxygen atoms in total. The van der Waals surface area contributed by atoms with Crippen LogP contribution in [0, 0.1) is 5.92 Å². The summed E-state index contributed by atoms with van der Waals surface area (Å²) in [7, 11) is 2.19. The number of allylic oxidation sites excluding steroid dienone is 6. The van der Waals surface area contributed by atoms with Crippen molar-refractivity contribution in [2.45, 2.75) is 47.0 Å². The zero-order chi connectivity index (χ0) is 69.6. The first-order chi connectivity index (χ1) is 50.6. The second-order valence-corrected chi connectivity index (χ2v) is 30.1. The van der Waals surface area contributed by atoms with Gasteiger partial charge in [-0.05, 0) is 147 Å². The molecule has 0 saturated carbocycles. The molecule has 1 unspecified atom stereocenters. The molecule has 0 amide bonds. The molecule has 496 valence electrons. The summed E-state index contributed by atoms with van der Waals surface area (Å²) in [5, 5.41) is 12.8. The Morgan fingerprint density at radius 1 is 0.563 bits per heavy atom. The summed E-state index contributed by atoms with van der Waals surface area (Å²) in [6, 6.07) is 84.1. The normalized spacial score (nSPS) is 14.0. The molecule has 7 aromatic heterocycles. The minimum atomic E-state index is -0.0154. The molecule has 18 rings (SSSR count). The Labute approximate surface area is 610 Å². The van der Waals surface area contributed by atoms with Crippen LogP contribution in [0.2, 0.25) is 0 Å². The van der Waals surface area contributed by atoms with E-state index in [9.17, 15) is 0 Å². The molecular weight excluding hydrogens is 1310 g/mol. The van der Waals surface area contributed by atoms with Crippen LogP contribution in [-0.2, 0) is 7.05 Å². The largest absolute Gasteiger partial charge is 0.343 e. The van der Waals surface area contributed by atoms with E-state index in [0.29, 0.717) is 11.5 Å². The Bertz CT molecular complexity index is 6700. The van der Waals surface area contributed by atoms with Gasteiger partial charge in [-0.3, -0.25) is 4.57 Å². The highest BCUT2D eigenvalue weighted by atomic mass is 32.1. The average molecular weight is 1380 g/mol. The minimum Gasteiger partial charge on any atom is -0.343 e. The summed E-state index contributed by atoms with van der Waals surface area (Å²) >= 11 is 5.47. The highest BCUT2D eigenvalue weighted by Crippen LogP contribution is 2.44. The maximum Gasteiger partial charge on any atom is 0.161 e. The van der Waals surface area contributed by atoms with E-state index in [1.807, 2.05) is 40.1 Å². The van der Waals surface area contributed by atoms with Crippen LogP contribution >= 0.6 is 34.0 Å². The molecule has 103 heavy (non-hydrogen) atoms. The molecule has 7 heterocycles. The number of para-hydroxylation sites is 3. The van der Waals surface area contributed by atoms with Gasteiger partial charge in [-0.2, -0.15) is 0 Å². The van der Waals surface area contributed by atoms with Crippen molar-refractivity contribution in [2.24, 2.45) is 23.0 Å². The standard InChI is InChI=1S/C94H72N6S3/c1-8-57(5)94(97-93(64-44-48-89-79(52-64)74-34-21-25-40-87(74)102-89)95-58(6)61-42-46-88-78(49-61)73-33-20-24-39-86(73)101-88)100-84-38-23-19-32-72(84)68(10-3)85(100)53-65-56-99(83-37-22-18-31-70(65)83)66-54-80(62-41-45-82-76(50-62)75-36-26-35-71(91(75)98(82)7)60-29-16-13-17-30-60)96-81(55-66)63-43-47-90-77(51-63)69(11-4)92(103-90)67(9-2)59-27-14-12-15-28-59/h9-11,13-14,16-57H,4,6,8,12,15H2,1-3,5,7H3/b67-9-,68-10-,85-53+,95-93?,97-94?. The van der Waals surface area contributed by atoms with Gasteiger partial charge in [0, 0.05) is 151 Å². The molecule has 1 atom stereocenters. The topological polar surface area (TPSA) is 52.4 Å². The third kappa shape index (κ3) is 10.9. The third-order valence-corrected chi connectivity index (χ3v) is 24.4. The zero-order valence-corrected chi connectivity index (χ0v) is 60.5. The Morgan fingerprint density at radius 3 is 1.88 bits per heavy atom. The van der Waals surface area contributed by atoms with Crippen molar-refractivity contribution in [2.75, 3.05) is 0 Å². The van der Waals surface area contributed by atoms with E-state index in [0.717, 1.165) is 113 Å². The van der Waals surface area contributed by atoms with E-state index in [1.165, 1.54) is 93.9 Å². The van der Waals surface area contributed by atoms with Crippen molar-refractivity contribution < 1.29 is 0 Å². The highest BCUT2D eigenvalue weighted by molar-refractivity contribution is 7.26. The third-order valence-electron chi connectivity index (χ3n) is 20.9. The van der Waals surface area contributed by atoms with E-state index >= 15 is 0 Å². The molecule has 0 bridgehead atoms.